The lowest BCUT2D eigenvalue weighted by molar-refractivity contribution is 0.116. The van der Waals surface area contributed by atoms with Gasteiger partial charge in [0.05, 0.1) is 6.61 Å². The number of imidazole rings is 1. The molecule has 0 atom stereocenters. The van der Waals surface area contributed by atoms with Gasteiger partial charge in [-0.1, -0.05) is 13.8 Å². The van der Waals surface area contributed by atoms with Crippen LogP contribution in [0.2, 0.25) is 0 Å². The molecule has 0 amide bonds. The molecule has 0 aliphatic heterocycles. The second kappa shape index (κ2) is 6.54. The lowest BCUT2D eigenvalue weighted by Crippen LogP contribution is -2.08. The number of nitrogens with zero attached hydrogens (tertiary/aromatic N) is 2. The highest BCUT2D eigenvalue weighted by molar-refractivity contribution is 8.13. The molecule has 0 fully saturated rings. The number of rotatable bonds is 7. The third-order valence-corrected chi connectivity index (χ3v) is 3.69. The number of aryl methyl sites for hydroxylation is 1. The predicted molar refractivity (Wildman–Crippen MR) is 70.3 cm³/mol. The summed E-state index contributed by atoms with van der Waals surface area (Å²) in [6.45, 7) is 7.84. The first-order valence-corrected chi connectivity index (χ1v) is 8.18. The van der Waals surface area contributed by atoms with Gasteiger partial charge in [-0.2, -0.15) is 0 Å². The normalized spacial score (nSPS) is 12.3. The predicted octanol–water partition coefficient (Wildman–Crippen LogP) is 2.18. The smallest absolute Gasteiger partial charge is 0.280 e. The molecule has 0 radical (unpaired) electrons. The van der Waals surface area contributed by atoms with Crippen LogP contribution in [0.15, 0.2) is 11.2 Å². The van der Waals surface area contributed by atoms with E-state index in [0.29, 0.717) is 31.5 Å². The Morgan fingerprint density at radius 3 is 2.61 bits per heavy atom. The number of halogens is 1. The monoisotopic (exact) mass is 294 g/mol. The van der Waals surface area contributed by atoms with Crippen LogP contribution in [0.1, 0.15) is 26.1 Å². The molecule has 18 heavy (non-hydrogen) atoms. The van der Waals surface area contributed by atoms with Crippen molar-refractivity contribution in [3.8, 4) is 0 Å². The molecule has 104 valence electrons. The number of hydrogen-bond donors (Lipinski definition) is 0. The van der Waals surface area contributed by atoms with Crippen LogP contribution in [0, 0.1) is 12.8 Å². The summed E-state index contributed by atoms with van der Waals surface area (Å²) in [5, 5.41) is -0.108. The highest BCUT2D eigenvalue weighted by Gasteiger charge is 2.15. The quantitative estimate of drug-likeness (QED) is 0.571. The first-order chi connectivity index (χ1) is 8.30. The molecule has 0 aliphatic rings. The summed E-state index contributed by atoms with van der Waals surface area (Å²) in [6.07, 6.45) is 2.45. The van der Waals surface area contributed by atoms with Crippen molar-refractivity contribution in [1.82, 2.24) is 9.55 Å². The van der Waals surface area contributed by atoms with Gasteiger partial charge in [0, 0.05) is 30.0 Å². The Labute approximate surface area is 113 Å². The molecule has 1 heterocycles. The van der Waals surface area contributed by atoms with E-state index in [9.17, 15) is 8.42 Å². The zero-order valence-electron chi connectivity index (χ0n) is 10.9. The van der Waals surface area contributed by atoms with Crippen LogP contribution in [0.3, 0.4) is 0 Å². The fraction of sp³-hybridized carbons (Fsp3) is 0.727. The van der Waals surface area contributed by atoms with E-state index in [1.165, 1.54) is 6.20 Å². The van der Waals surface area contributed by atoms with E-state index < -0.39 is 9.05 Å². The molecule has 7 heteroatoms. The molecule has 0 saturated heterocycles. The van der Waals surface area contributed by atoms with Gasteiger partial charge in [0.15, 0.2) is 5.03 Å². The first kappa shape index (κ1) is 15.5. The van der Waals surface area contributed by atoms with Crippen LogP contribution in [0.25, 0.3) is 0 Å². The van der Waals surface area contributed by atoms with Gasteiger partial charge in [0.25, 0.3) is 9.05 Å². The van der Waals surface area contributed by atoms with Crippen molar-refractivity contribution in [3.63, 3.8) is 0 Å². The highest BCUT2D eigenvalue weighted by Crippen LogP contribution is 2.13. The number of aromatic nitrogens is 2. The Balaban J connectivity index is 2.46. The molecule has 0 aromatic carbocycles. The van der Waals surface area contributed by atoms with Crippen molar-refractivity contribution < 1.29 is 13.2 Å². The van der Waals surface area contributed by atoms with Crippen LogP contribution in [-0.4, -0.2) is 31.2 Å². The minimum absolute atomic E-state index is 0.108. The average Bonchev–Trinajstić information content (AvgIpc) is 2.59. The topological polar surface area (TPSA) is 61.2 Å². The molecule has 0 saturated carbocycles. The van der Waals surface area contributed by atoms with Crippen molar-refractivity contribution in [3.05, 3.63) is 12.0 Å². The second-order valence-electron chi connectivity index (χ2n) is 4.55. The molecular formula is C11H19ClN2O3S. The van der Waals surface area contributed by atoms with E-state index in [0.717, 1.165) is 6.42 Å². The van der Waals surface area contributed by atoms with Crippen molar-refractivity contribution in [2.45, 2.75) is 38.8 Å². The number of hydrogen-bond acceptors (Lipinski definition) is 4. The summed E-state index contributed by atoms with van der Waals surface area (Å²) in [5.41, 5.74) is 0. The molecule has 0 spiro atoms. The molecule has 1 rings (SSSR count). The largest absolute Gasteiger partial charge is 0.380 e. The Morgan fingerprint density at radius 2 is 2.11 bits per heavy atom. The minimum Gasteiger partial charge on any atom is -0.380 e. The van der Waals surface area contributed by atoms with Crippen molar-refractivity contribution in [2.75, 3.05) is 13.2 Å². The molecule has 1 aromatic heterocycles. The van der Waals surface area contributed by atoms with Crippen LogP contribution in [-0.2, 0) is 20.3 Å². The van der Waals surface area contributed by atoms with Crippen molar-refractivity contribution in [2.24, 2.45) is 5.92 Å². The van der Waals surface area contributed by atoms with Crippen molar-refractivity contribution >= 4 is 19.7 Å². The third-order valence-electron chi connectivity index (χ3n) is 2.52. The standard InChI is InChI=1S/C11H19ClN2O3S/c1-9(2)4-6-17-7-5-14-8-11(13-10(14)3)18(12,15)16/h8-9H,4-7H2,1-3H3. The first-order valence-electron chi connectivity index (χ1n) is 5.87. The molecule has 5 nitrogen and oxygen atoms in total. The zero-order valence-corrected chi connectivity index (χ0v) is 12.5. The van der Waals surface area contributed by atoms with E-state index in [1.807, 2.05) is 0 Å². The Kier molecular flexibility index (Phi) is 5.62. The molecule has 0 bridgehead atoms. The van der Waals surface area contributed by atoms with Gasteiger partial charge in [0.1, 0.15) is 5.82 Å². The Morgan fingerprint density at radius 1 is 1.44 bits per heavy atom. The van der Waals surface area contributed by atoms with E-state index in [1.54, 1.807) is 11.5 Å². The van der Waals surface area contributed by atoms with Gasteiger partial charge < -0.3 is 9.30 Å². The van der Waals surface area contributed by atoms with Gasteiger partial charge >= 0.3 is 0 Å². The van der Waals surface area contributed by atoms with E-state index >= 15 is 0 Å². The molecular weight excluding hydrogens is 276 g/mol. The second-order valence-corrected chi connectivity index (χ2v) is 7.07. The molecule has 1 aromatic rings. The summed E-state index contributed by atoms with van der Waals surface area (Å²) < 4.78 is 29.4. The van der Waals surface area contributed by atoms with Crippen LogP contribution < -0.4 is 0 Å². The summed E-state index contributed by atoms with van der Waals surface area (Å²) in [6, 6.07) is 0. The fourth-order valence-corrected chi connectivity index (χ4v) is 2.12. The SMILES string of the molecule is Cc1nc(S(=O)(=O)Cl)cn1CCOCCC(C)C. The maximum absolute atomic E-state index is 11.1. The summed E-state index contributed by atoms with van der Waals surface area (Å²) >= 11 is 0. The summed E-state index contributed by atoms with van der Waals surface area (Å²) in [5.74, 6) is 1.23. The molecule has 0 unspecified atom stereocenters. The zero-order chi connectivity index (χ0) is 13.8. The average molecular weight is 295 g/mol. The highest BCUT2D eigenvalue weighted by atomic mass is 35.7. The Bertz CT molecular complexity index is 482. The molecule has 0 N–H and O–H groups in total. The van der Waals surface area contributed by atoms with Gasteiger partial charge in [-0.15, -0.1) is 0 Å². The lowest BCUT2D eigenvalue weighted by Gasteiger charge is -2.07. The van der Waals surface area contributed by atoms with Crippen LogP contribution in [0.5, 0.6) is 0 Å². The minimum atomic E-state index is -3.75. The van der Waals surface area contributed by atoms with E-state index in [4.69, 9.17) is 15.4 Å². The fourth-order valence-electron chi connectivity index (χ4n) is 1.41. The van der Waals surface area contributed by atoms with Gasteiger partial charge in [-0.25, -0.2) is 13.4 Å². The summed E-state index contributed by atoms with van der Waals surface area (Å²) in [7, 11) is 1.48. The van der Waals surface area contributed by atoms with Gasteiger partial charge in [0.2, 0.25) is 0 Å². The lowest BCUT2D eigenvalue weighted by atomic mass is 10.1. The van der Waals surface area contributed by atoms with Gasteiger partial charge in [-0.3, -0.25) is 0 Å². The summed E-state index contributed by atoms with van der Waals surface area (Å²) in [4.78, 5) is 3.90. The van der Waals surface area contributed by atoms with Crippen LogP contribution >= 0.6 is 10.7 Å². The third kappa shape index (κ3) is 4.96. The maximum atomic E-state index is 11.1. The van der Waals surface area contributed by atoms with E-state index in [2.05, 4.69) is 18.8 Å². The Hall–Kier alpha value is -0.590. The molecule has 0 aliphatic carbocycles. The number of ether oxygens (including phenoxy) is 1. The van der Waals surface area contributed by atoms with Crippen molar-refractivity contribution in [1.29, 1.82) is 0 Å². The van der Waals surface area contributed by atoms with Gasteiger partial charge in [-0.05, 0) is 19.3 Å². The maximum Gasteiger partial charge on any atom is 0.280 e. The van der Waals surface area contributed by atoms with Crippen LogP contribution in [0.4, 0.5) is 0 Å². The van der Waals surface area contributed by atoms with E-state index in [-0.39, 0.29) is 5.03 Å².